The predicted molar refractivity (Wildman–Crippen MR) is 145 cm³/mol. The van der Waals surface area contributed by atoms with Crippen LogP contribution in [0, 0.1) is 0 Å². The lowest BCUT2D eigenvalue weighted by molar-refractivity contribution is -0.0159. The molecule has 1 atom stereocenters. The third-order valence-electron chi connectivity index (χ3n) is 6.60. The number of hydrogen-bond donors (Lipinski definition) is 1. The van der Waals surface area contributed by atoms with E-state index in [2.05, 4.69) is 58.9 Å². The van der Waals surface area contributed by atoms with Crippen molar-refractivity contribution in [3.05, 3.63) is 53.6 Å². The Bertz CT molecular complexity index is 870. The highest BCUT2D eigenvalue weighted by atomic mass is 32.1. The summed E-state index contributed by atoms with van der Waals surface area (Å²) in [7, 11) is -2.24. The fourth-order valence-electron chi connectivity index (χ4n) is 4.12. The zero-order chi connectivity index (χ0) is 25.2. The Morgan fingerprint density at radius 1 is 0.765 bits per heavy atom. The molecule has 2 rings (SSSR count). The molecule has 3 nitrogen and oxygen atoms in total. The molecule has 190 valence electrons. The van der Waals surface area contributed by atoms with Gasteiger partial charge in [0.15, 0.2) is 0 Å². The lowest BCUT2D eigenvalue weighted by Gasteiger charge is -2.26. The zero-order valence-electron chi connectivity index (χ0n) is 21.7. The van der Waals surface area contributed by atoms with Gasteiger partial charge in [-0.05, 0) is 63.6 Å². The molecular formula is C28H42FO3PS. The second kappa shape index (κ2) is 13.7. The summed E-state index contributed by atoms with van der Waals surface area (Å²) in [5.41, 5.74) is 2.54. The molecule has 6 heteroatoms. The lowest BCUT2D eigenvalue weighted by atomic mass is 9.80. The van der Waals surface area contributed by atoms with E-state index in [1.165, 1.54) is 49.7 Å². The van der Waals surface area contributed by atoms with Gasteiger partial charge in [-0.2, -0.15) is 0 Å². The molecule has 0 saturated heterocycles. The van der Waals surface area contributed by atoms with E-state index < -0.39 is 8.60 Å². The van der Waals surface area contributed by atoms with Crippen LogP contribution in [0.4, 0.5) is 4.53 Å². The number of rotatable bonds is 15. The van der Waals surface area contributed by atoms with Crippen LogP contribution in [0.2, 0.25) is 0 Å². The summed E-state index contributed by atoms with van der Waals surface area (Å²) < 4.78 is 28.7. The van der Waals surface area contributed by atoms with Crippen LogP contribution >= 0.6 is 21.2 Å². The van der Waals surface area contributed by atoms with E-state index in [1.807, 2.05) is 42.5 Å². The maximum atomic E-state index is 13.3. The molecule has 0 aliphatic carbocycles. The van der Waals surface area contributed by atoms with Crippen molar-refractivity contribution in [2.75, 3.05) is 0 Å². The highest BCUT2D eigenvalue weighted by molar-refractivity contribution is 7.80. The van der Waals surface area contributed by atoms with Crippen LogP contribution in [0.25, 0.3) is 0 Å². The maximum absolute atomic E-state index is 13.3. The summed E-state index contributed by atoms with van der Waals surface area (Å²) in [6.45, 7) is 13.4. The molecule has 0 bridgehead atoms. The number of hydrogen-bond acceptors (Lipinski definition) is 4. The third kappa shape index (κ3) is 8.73. The molecule has 0 N–H and O–H groups in total. The van der Waals surface area contributed by atoms with Gasteiger partial charge in [0.1, 0.15) is 11.5 Å². The molecule has 0 aliphatic heterocycles. The molecule has 34 heavy (non-hydrogen) atoms. The van der Waals surface area contributed by atoms with Crippen molar-refractivity contribution in [2.45, 2.75) is 109 Å². The van der Waals surface area contributed by atoms with Crippen LogP contribution in [-0.2, 0) is 15.6 Å². The summed E-state index contributed by atoms with van der Waals surface area (Å²) in [6, 6.07) is 13.6. The molecule has 0 heterocycles. The van der Waals surface area contributed by atoms with Gasteiger partial charge in [0.25, 0.3) is 0 Å². The van der Waals surface area contributed by atoms with Gasteiger partial charge < -0.3 is 9.05 Å². The smallest absolute Gasteiger partial charge is 0.416 e. The van der Waals surface area contributed by atoms with Crippen LogP contribution in [0.3, 0.4) is 0 Å². The van der Waals surface area contributed by atoms with Crippen molar-refractivity contribution in [1.82, 2.24) is 0 Å². The molecule has 0 fully saturated rings. The van der Waals surface area contributed by atoms with Gasteiger partial charge in [-0.3, -0.25) is 0 Å². The Hall–Kier alpha value is -1.29. The first-order chi connectivity index (χ1) is 16.1. The Labute approximate surface area is 213 Å². The molecule has 0 aliphatic rings. The first-order valence-electron chi connectivity index (χ1n) is 12.5. The van der Waals surface area contributed by atoms with Gasteiger partial charge in [-0.25, -0.2) is 0 Å². The molecule has 0 spiro atoms. The summed E-state index contributed by atoms with van der Waals surface area (Å²) in [6.07, 6.45) is 9.50. The van der Waals surface area contributed by atoms with E-state index in [0.29, 0.717) is 16.4 Å². The molecular weight excluding hydrogens is 466 g/mol. The lowest BCUT2D eigenvalue weighted by Crippen LogP contribution is -2.17. The average molecular weight is 509 g/mol. The minimum atomic E-state index is -2.24. The van der Waals surface area contributed by atoms with Crippen LogP contribution in [0.5, 0.6) is 11.5 Å². The highest BCUT2D eigenvalue weighted by Gasteiger charge is 2.24. The minimum Gasteiger partial charge on any atom is -0.416 e. The van der Waals surface area contributed by atoms with Crippen molar-refractivity contribution in [3.63, 3.8) is 0 Å². The van der Waals surface area contributed by atoms with E-state index in [9.17, 15) is 4.53 Å². The van der Waals surface area contributed by atoms with Crippen molar-refractivity contribution in [2.24, 2.45) is 0 Å². The Morgan fingerprint density at radius 2 is 1.29 bits per heavy atom. The van der Waals surface area contributed by atoms with Gasteiger partial charge in [0.2, 0.25) is 0 Å². The molecule has 0 radical (unpaired) electrons. The monoisotopic (exact) mass is 508 g/mol. The molecule has 0 saturated carbocycles. The van der Waals surface area contributed by atoms with Crippen LogP contribution < -0.4 is 9.05 Å². The third-order valence-corrected chi connectivity index (χ3v) is 7.76. The second-order valence-corrected chi connectivity index (χ2v) is 11.8. The molecule has 0 amide bonds. The van der Waals surface area contributed by atoms with Crippen molar-refractivity contribution < 1.29 is 18.3 Å². The molecule has 2 aromatic rings. The van der Waals surface area contributed by atoms with E-state index in [1.54, 1.807) is 0 Å². The fraction of sp³-hybridized carbons (Fsp3) is 0.571. The van der Waals surface area contributed by atoms with Crippen LogP contribution in [0.15, 0.2) is 47.4 Å². The number of benzene rings is 2. The Kier molecular flexibility index (Phi) is 11.7. The molecule has 2 aromatic carbocycles. The first-order valence-corrected chi connectivity index (χ1v) is 14.1. The predicted octanol–water partition coefficient (Wildman–Crippen LogP) is 10.3. The highest BCUT2D eigenvalue weighted by Crippen LogP contribution is 2.45. The zero-order valence-corrected chi connectivity index (χ0v) is 23.5. The first kappa shape index (κ1) is 28.9. The molecule has 0 aromatic heterocycles. The van der Waals surface area contributed by atoms with Crippen molar-refractivity contribution in [3.8, 4) is 11.5 Å². The standard InChI is InChI=1S/C28H42FO3PS/c1-7-9-11-19-27(3,4)22-13-16-24(17-14-22)30-33(32-29)31-25-18-15-23(21-26(25)34)28(5,6)20-12-10-8-2/h13-18,21,34H,7-12,19-20H2,1-6H3. The summed E-state index contributed by atoms with van der Waals surface area (Å²) >= 11 is 4.58. The van der Waals surface area contributed by atoms with Gasteiger partial charge in [-0.15, -0.1) is 12.6 Å². The fourth-order valence-corrected chi connectivity index (χ4v) is 5.16. The number of halogens is 1. The van der Waals surface area contributed by atoms with Gasteiger partial charge in [0, 0.05) is 4.90 Å². The number of thiol groups is 1. The normalized spacial score (nSPS) is 13.1. The largest absolute Gasteiger partial charge is 0.497 e. The quantitative estimate of drug-likeness (QED) is 0.147. The average Bonchev–Trinajstić information content (AvgIpc) is 2.80. The van der Waals surface area contributed by atoms with Crippen molar-refractivity contribution in [1.29, 1.82) is 0 Å². The maximum Gasteiger partial charge on any atom is 0.497 e. The summed E-state index contributed by atoms with van der Waals surface area (Å²) in [5, 5.41) is 0. The SMILES string of the molecule is CCCCCC(C)(C)c1ccc(OP(OF)Oc2ccc(C(C)(C)CCCCC)cc2S)cc1. The minimum absolute atomic E-state index is 0.0368. The van der Waals surface area contributed by atoms with Crippen molar-refractivity contribution >= 4 is 21.2 Å². The Morgan fingerprint density at radius 3 is 1.79 bits per heavy atom. The van der Waals surface area contributed by atoms with E-state index in [-0.39, 0.29) is 10.8 Å². The van der Waals surface area contributed by atoms with Gasteiger partial charge in [-0.1, -0.05) is 103 Å². The van der Waals surface area contributed by atoms with Gasteiger partial charge >= 0.3 is 8.60 Å². The topological polar surface area (TPSA) is 27.7 Å². The summed E-state index contributed by atoms with van der Waals surface area (Å²) in [5.74, 6) is 0.945. The van der Waals surface area contributed by atoms with Crippen LogP contribution in [-0.4, -0.2) is 0 Å². The molecule has 1 unspecified atom stereocenters. The summed E-state index contributed by atoms with van der Waals surface area (Å²) in [4.78, 5) is 0.637. The van der Waals surface area contributed by atoms with E-state index in [4.69, 9.17) is 9.05 Å². The van der Waals surface area contributed by atoms with E-state index >= 15 is 0 Å². The Balaban J connectivity index is 2.02. The van der Waals surface area contributed by atoms with Gasteiger partial charge in [0.05, 0.1) is 0 Å². The van der Waals surface area contributed by atoms with E-state index in [0.717, 1.165) is 12.8 Å². The second-order valence-electron chi connectivity index (χ2n) is 10.4. The number of unbranched alkanes of at least 4 members (excludes halogenated alkanes) is 4. The van der Waals surface area contributed by atoms with Crippen LogP contribution in [0.1, 0.15) is 104 Å².